The van der Waals surface area contributed by atoms with Crippen LogP contribution in [-0.4, -0.2) is 31.8 Å². The number of ether oxygens (including phenoxy) is 1. The molecule has 1 heterocycles. The van der Waals surface area contributed by atoms with Crippen LogP contribution in [0.1, 0.15) is 5.56 Å². The molecule has 6 nitrogen and oxygen atoms in total. The van der Waals surface area contributed by atoms with Gasteiger partial charge in [-0.1, -0.05) is 0 Å². The largest absolute Gasteiger partial charge is 0.496 e. The smallest absolute Gasteiger partial charge is 0.416 e. The van der Waals surface area contributed by atoms with Crippen LogP contribution in [0.25, 0.3) is 22.4 Å². The van der Waals surface area contributed by atoms with Gasteiger partial charge in [-0.05, 0) is 30.3 Å². The summed E-state index contributed by atoms with van der Waals surface area (Å²) >= 11 is 0. The minimum atomic E-state index is -4.45. The summed E-state index contributed by atoms with van der Waals surface area (Å²) in [6, 6.07) is 7.77. The lowest BCUT2D eigenvalue weighted by molar-refractivity contribution is -0.137. The molecule has 26 heavy (non-hydrogen) atoms. The maximum Gasteiger partial charge on any atom is 0.416 e. The average Bonchev–Trinajstić information content (AvgIpc) is 2.95. The molecular formula is C16H14F3N3O3S. The van der Waals surface area contributed by atoms with E-state index < -0.39 is 21.8 Å². The maximum absolute atomic E-state index is 12.8. The summed E-state index contributed by atoms with van der Waals surface area (Å²) in [6.45, 7) is 0. The fourth-order valence-corrected chi connectivity index (χ4v) is 3.03. The van der Waals surface area contributed by atoms with Crippen molar-refractivity contribution in [3.8, 4) is 17.1 Å². The van der Waals surface area contributed by atoms with Crippen molar-refractivity contribution >= 4 is 26.7 Å². The fourth-order valence-electron chi connectivity index (χ4n) is 2.47. The maximum atomic E-state index is 12.8. The number of anilines is 1. The van der Waals surface area contributed by atoms with Crippen LogP contribution in [0.15, 0.2) is 36.4 Å². The molecule has 0 saturated heterocycles. The molecule has 3 rings (SSSR count). The Morgan fingerprint density at radius 1 is 1.15 bits per heavy atom. The number of hydrogen-bond donors (Lipinski definition) is 2. The Morgan fingerprint density at radius 2 is 1.88 bits per heavy atom. The second-order valence-corrected chi connectivity index (χ2v) is 7.35. The van der Waals surface area contributed by atoms with Crippen molar-refractivity contribution in [3.63, 3.8) is 0 Å². The summed E-state index contributed by atoms with van der Waals surface area (Å²) in [5, 5.41) is 0. The zero-order valence-corrected chi connectivity index (χ0v) is 14.5. The van der Waals surface area contributed by atoms with Crippen molar-refractivity contribution in [2.24, 2.45) is 0 Å². The highest BCUT2D eigenvalue weighted by molar-refractivity contribution is 7.92. The predicted molar refractivity (Wildman–Crippen MR) is 91.6 cm³/mol. The number of halogens is 3. The summed E-state index contributed by atoms with van der Waals surface area (Å²) < 4.78 is 68.7. The Hall–Kier alpha value is -2.75. The van der Waals surface area contributed by atoms with E-state index in [0.717, 1.165) is 18.4 Å². The third-order valence-corrected chi connectivity index (χ3v) is 4.18. The number of rotatable bonds is 4. The van der Waals surface area contributed by atoms with Crippen LogP contribution in [0.2, 0.25) is 0 Å². The highest BCUT2D eigenvalue weighted by atomic mass is 32.2. The Bertz CT molecular complexity index is 1080. The molecular weight excluding hydrogens is 371 g/mol. The van der Waals surface area contributed by atoms with E-state index in [1.165, 1.54) is 25.3 Å². The zero-order chi connectivity index (χ0) is 19.1. The molecule has 0 aliphatic carbocycles. The molecule has 0 bridgehead atoms. The van der Waals surface area contributed by atoms with Crippen molar-refractivity contribution in [2.75, 3.05) is 18.1 Å². The van der Waals surface area contributed by atoms with Crippen LogP contribution in [0, 0.1) is 0 Å². The number of hydrogen-bond acceptors (Lipinski definition) is 4. The normalized spacial score (nSPS) is 12.3. The number of benzene rings is 2. The van der Waals surface area contributed by atoms with Crippen LogP contribution < -0.4 is 9.46 Å². The second kappa shape index (κ2) is 6.20. The van der Waals surface area contributed by atoms with Crippen LogP contribution in [0.3, 0.4) is 0 Å². The van der Waals surface area contributed by atoms with E-state index in [1.54, 1.807) is 6.07 Å². The molecule has 10 heteroatoms. The van der Waals surface area contributed by atoms with Crippen LogP contribution in [0.5, 0.6) is 5.75 Å². The van der Waals surface area contributed by atoms with E-state index in [4.69, 9.17) is 4.74 Å². The van der Waals surface area contributed by atoms with E-state index >= 15 is 0 Å². The molecule has 1 aromatic heterocycles. The molecule has 0 unspecified atom stereocenters. The lowest BCUT2D eigenvalue weighted by Gasteiger charge is -2.09. The molecule has 138 valence electrons. The number of imidazole rings is 1. The van der Waals surface area contributed by atoms with E-state index in [0.29, 0.717) is 28.3 Å². The van der Waals surface area contributed by atoms with Crippen molar-refractivity contribution in [2.45, 2.75) is 6.18 Å². The lowest BCUT2D eigenvalue weighted by atomic mass is 10.1. The van der Waals surface area contributed by atoms with Crippen LogP contribution >= 0.6 is 0 Å². The molecule has 3 aromatic rings. The van der Waals surface area contributed by atoms with E-state index in [1.807, 2.05) is 0 Å². The monoisotopic (exact) mass is 385 g/mol. The molecule has 0 aliphatic rings. The second-order valence-electron chi connectivity index (χ2n) is 5.60. The quantitative estimate of drug-likeness (QED) is 0.718. The van der Waals surface area contributed by atoms with Gasteiger partial charge in [-0.15, -0.1) is 0 Å². The number of alkyl halides is 3. The number of fused-ring (bicyclic) bond motifs is 1. The van der Waals surface area contributed by atoms with Gasteiger partial charge in [0.2, 0.25) is 10.0 Å². The van der Waals surface area contributed by atoms with Gasteiger partial charge >= 0.3 is 6.18 Å². The number of nitrogens with one attached hydrogen (secondary N) is 2. The van der Waals surface area contributed by atoms with Crippen LogP contribution in [0.4, 0.5) is 18.9 Å². The number of aromatic amines is 1. The number of aromatic nitrogens is 2. The number of sulfonamides is 1. The number of H-pyrrole nitrogens is 1. The molecule has 0 amide bonds. The van der Waals surface area contributed by atoms with E-state index in [-0.39, 0.29) is 5.52 Å². The SMILES string of the molecule is COc1cc(NS(C)(=O)=O)ccc1-c1nc2cc(C(F)(F)F)ccc2[nH]1. The van der Waals surface area contributed by atoms with Gasteiger partial charge in [-0.3, -0.25) is 4.72 Å². The van der Waals surface area contributed by atoms with Gasteiger partial charge < -0.3 is 9.72 Å². The Kier molecular flexibility index (Phi) is 4.31. The minimum absolute atomic E-state index is 0.162. The summed E-state index contributed by atoms with van der Waals surface area (Å²) in [4.78, 5) is 7.13. The van der Waals surface area contributed by atoms with Gasteiger partial charge in [0, 0.05) is 6.07 Å². The highest BCUT2D eigenvalue weighted by Gasteiger charge is 2.30. The summed E-state index contributed by atoms with van der Waals surface area (Å²) in [6.07, 6.45) is -3.44. The fraction of sp³-hybridized carbons (Fsp3) is 0.188. The van der Waals surface area contributed by atoms with Gasteiger partial charge in [0.1, 0.15) is 11.6 Å². The topological polar surface area (TPSA) is 84.1 Å². The Balaban J connectivity index is 2.05. The van der Waals surface area contributed by atoms with Crippen LogP contribution in [-0.2, 0) is 16.2 Å². The molecule has 0 radical (unpaired) electrons. The number of methoxy groups -OCH3 is 1. The predicted octanol–water partition coefficient (Wildman–Crippen LogP) is 3.63. The van der Waals surface area contributed by atoms with Gasteiger partial charge in [0.05, 0.1) is 41.2 Å². The first-order valence-electron chi connectivity index (χ1n) is 7.30. The molecule has 0 saturated carbocycles. The third-order valence-electron chi connectivity index (χ3n) is 3.57. The molecule has 2 N–H and O–H groups in total. The van der Waals surface area contributed by atoms with Crippen molar-refractivity contribution in [1.82, 2.24) is 9.97 Å². The summed E-state index contributed by atoms with van der Waals surface area (Å²) in [7, 11) is -2.06. The van der Waals surface area contributed by atoms with Crippen molar-refractivity contribution in [3.05, 3.63) is 42.0 Å². The molecule has 0 aliphatic heterocycles. The molecule has 0 atom stereocenters. The van der Waals surface area contributed by atoms with Gasteiger partial charge in [0.25, 0.3) is 0 Å². The third kappa shape index (κ3) is 3.74. The Labute approximate surface area is 147 Å². The number of nitrogens with zero attached hydrogens (tertiary/aromatic N) is 1. The first kappa shape index (κ1) is 18.1. The van der Waals surface area contributed by atoms with Crippen molar-refractivity contribution in [1.29, 1.82) is 0 Å². The molecule has 0 fully saturated rings. The zero-order valence-electron chi connectivity index (χ0n) is 13.7. The lowest BCUT2D eigenvalue weighted by Crippen LogP contribution is -2.09. The Morgan fingerprint density at radius 3 is 2.50 bits per heavy atom. The van der Waals surface area contributed by atoms with Gasteiger partial charge in [-0.25, -0.2) is 13.4 Å². The summed E-state index contributed by atoms with van der Waals surface area (Å²) in [5.41, 5.74) is 0.589. The van der Waals surface area contributed by atoms with Gasteiger partial charge in [0.15, 0.2) is 0 Å². The molecule has 0 spiro atoms. The van der Waals surface area contributed by atoms with E-state index in [9.17, 15) is 21.6 Å². The average molecular weight is 385 g/mol. The molecule has 2 aromatic carbocycles. The minimum Gasteiger partial charge on any atom is -0.496 e. The first-order valence-corrected chi connectivity index (χ1v) is 9.19. The van der Waals surface area contributed by atoms with Gasteiger partial charge in [-0.2, -0.15) is 13.2 Å². The highest BCUT2D eigenvalue weighted by Crippen LogP contribution is 2.34. The summed E-state index contributed by atoms with van der Waals surface area (Å²) in [5.74, 6) is 0.621. The first-order chi connectivity index (χ1) is 12.1. The standard InChI is InChI=1S/C16H14F3N3O3S/c1-25-14-8-10(22-26(2,23)24)4-5-11(14)15-20-12-6-3-9(16(17,18)19)7-13(12)21-15/h3-8,22H,1-2H3,(H,20,21). The van der Waals surface area contributed by atoms with E-state index in [2.05, 4.69) is 14.7 Å². The van der Waals surface area contributed by atoms with Crippen molar-refractivity contribution < 1.29 is 26.3 Å².